The smallest absolute Gasteiger partial charge is 0.252 e. The van der Waals surface area contributed by atoms with E-state index in [1.54, 1.807) is 30.5 Å². The highest BCUT2D eigenvalue weighted by Crippen LogP contribution is 2.36. The van der Waals surface area contributed by atoms with Crippen LogP contribution in [0.3, 0.4) is 0 Å². The summed E-state index contributed by atoms with van der Waals surface area (Å²) in [6, 6.07) is 16.8. The Balaban J connectivity index is 1.43. The summed E-state index contributed by atoms with van der Waals surface area (Å²) in [6.07, 6.45) is 4.56. The van der Waals surface area contributed by atoms with Gasteiger partial charge in [-0.3, -0.25) is 9.69 Å². The van der Waals surface area contributed by atoms with Crippen LogP contribution in [0, 0.1) is 11.6 Å². The Hall–Kier alpha value is -2.83. The molecule has 33 heavy (non-hydrogen) atoms. The van der Waals surface area contributed by atoms with Crippen LogP contribution in [0.5, 0.6) is 0 Å². The number of hydrogen-bond acceptors (Lipinski definition) is 3. The summed E-state index contributed by atoms with van der Waals surface area (Å²) >= 11 is 0. The van der Waals surface area contributed by atoms with E-state index in [0.29, 0.717) is 57.3 Å². The van der Waals surface area contributed by atoms with Gasteiger partial charge < -0.3 is 10.1 Å². The molecule has 6 heteroatoms. The summed E-state index contributed by atoms with van der Waals surface area (Å²) in [5.74, 6) is -0.536. The fourth-order valence-corrected chi connectivity index (χ4v) is 4.76. The van der Waals surface area contributed by atoms with Gasteiger partial charge in [0.15, 0.2) is 0 Å². The van der Waals surface area contributed by atoms with Crippen molar-refractivity contribution in [3.63, 3.8) is 0 Å². The van der Waals surface area contributed by atoms with E-state index in [9.17, 15) is 18.7 Å². The van der Waals surface area contributed by atoms with Crippen molar-refractivity contribution < 1.29 is 13.9 Å². The monoisotopic (exact) mass is 452 g/mol. The van der Waals surface area contributed by atoms with Crippen molar-refractivity contribution >= 4 is 0 Å². The number of nitrogens with one attached hydrogen (secondary N) is 1. The highest BCUT2D eigenvalue weighted by atomic mass is 19.1. The van der Waals surface area contributed by atoms with E-state index in [1.807, 2.05) is 18.2 Å². The molecule has 4 nitrogen and oxygen atoms in total. The second-order valence-corrected chi connectivity index (χ2v) is 9.11. The predicted molar refractivity (Wildman–Crippen MR) is 125 cm³/mol. The van der Waals surface area contributed by atoms with Gasteiger partial charge in [-0.2, -0.15) is 0 Å². The topological polar surface area (TPSA) is 56.3 Å². The number of H-pyrrole nitrogens is 1. The number of nitrogens with zero attached hydrogens (tertiary/aromatic N) is 1. The maximum Gasteiger partial charge on any atom is 0.252 e. The Kier molecular flexibility index (Phi) is 7.36. The van der Waals surface area contributed by atoms with E-state index in [-0.39, 0.29) is 23.1 Å². The highest BCUT2D eigenvalue weighted by molar-refractivity contribution is 5.23. The van der Waals surface area contributed by atoms with Gasteiger partial charge in [0.2, 0.25) is 0 Å². The minimum atomic E-state index is -0.853. The third kappa shape index (κ3) is 6.15. The van der Waals surface area contributed by atoms with Crippen molar-refractivity contribution in [2.24, 2.45) is 0 Å². The van der Waals surface area contributed by atoms with Crippen LogP contribution in [-0.4, -0.2) is 33.7 Å². The van der Waals surface area contributed by atoms with Gasteiger partial charge in [0.25, 0.3) is 5.56 Å². The van der Waals surface area contributed by atoms with Gasteiger partial charge in [-0.25, -0.2) is 8.78 Å². The summed E-state index contributed by atoms with van der Waals surface area (Å²) in [4.78, 5) is 16.9. The van der Waals surface area contributed by atoms with E-state index in [2.05, 4.69) is 9.88 Å². The molecule has 2 heterocycles. The lowest BCUT2D eigenvalue weighted by molar-refractivity contribution is -0.0349. The minimum absolute atomic E-state index is 0.0151. The molecule has 1 fully saturated rings. The van der Waals surface area contributed by atoms with Crippen molar-refractivity contribution in [2.45, 2.75) is 50.2 Å². The molecule has 0 spiro atoms. The van der Waals surface area contributed by atoms with E-state index in [1.165, 1.54) is 18.2 Å². The average molecular weight is 453 g/mol. The van der Waals surface area contributed by atoms with Gasteiger partial charge in [0, 0.05) is 31.4 Å². The summed E-state index contributed by atoms with van der Waals surface area (Å²) in [5, 5.41) is 11.4. The summed E-state index contributed by atoms with van der Waals surface area (Å²) < 4.78 is 27.7. The van der Waals surface area contributed by atoms with Crippen LogP contribution in [0.15, 0.2) is 71.7 Å². The third-order valence-electron chi connectivity index (χ3n) is 6.77. The number of pyridine rings is 1. The zero-order valence-corrected chi connectivity index (χ0v) is 18.6. The lowest BCUT2D eigenvalue weighted by Crippen LogP contribution is -2.45. The van der Waals surface area contributed by atoms with Crippen molar-refractivity contribution in [1.29, 1.82) is 0 Å². The number of aliphatic hydroxyl groups is 1. The molecular formula is C27H30F2N2O2. The van der Waals surface area contributed by atoms with Crippen molar-refractivity contribution in [3.05, 3.63) is 106 Å². The predicted octanol–water partition coefficient (Wildman–Crippen LogP) is 4.79. The van der Waals surface area contributed by atoms with Gasteiger partial charge in [-0.05, 0) is 73.4 Å². The van der Waals surface area contributed by atoms with Crippen LogP contribution >= 0.6 is 0 Å². The first kappa shape index (κ1) is 23.3. The Morgan fingerprint density at radius 1 is 0.970 bits per heavy atom. The SMILES string of the molecule is O=c1[nH]cccc1CN1CCC(O)(CC(CCc2ccccc2F)c2ccc(F)cc2)CC1. The van der Waals surface area contributed by atoms with Gasteiger partial charge >= 0.3 is 0 Å². The molecule has 2 N–H and O–H groups in total. The zero-order chi connectivity index (χ0) is 23.3. The molecule has 0 aliphatic carbocycles. The fourth-order valence-electron chi connectivity index (χ4n) is 4.76. The van der Waals surface area contributed by atoms with E-state index in [0.717, 1.165) is 11.1 Å². The molecule has 1 atom stereocenters. The molecule has 1 aliphatic rings. The summed E-state index contributed by atoms with van der Waals surface area (Å²) in [7, 11) is 0. The largest absolute Gasteiger partial charge is 0.390 e. The van der Waals surface area contributed by atoms with Crippen LogP contribution < -0.4 is 5.56 Å². The molecular weight excluding hydrogens is 422 g/mol. The maximum atomic E-state index is 14.2. The Morgan fingerprint density at radius 2 is 1.67 bits per heavy atom. The Bertz CT molecular complexity index is 1110. The molecule has 0 bridgehead atoms. The van der Waals surface area contributed by atoms with E-state index < -0.39 is 5.60 Å². The second kappa shape index (κ2) is 10.4. The minimum Gasteiger partial charge on any atom is -0.390 e. The van der Waals surface area contributed by atoms with Gasteiger partial charge in [-0.1, -0.05) is 36.4 Å². The highest BCUT2D eigenvalue weighted by Gasteiger charge is 2.35. The molecule has 0 amide bonds. The first-order valence-corrected chi connectivity index (χ1v) is 11.5. The number of rotatable bonds is 8. The average Bonchev–Trinajstić information content (AvgIpc) is 2.81. The van der Waals surface area contributed by atoms with E-state index >= 15 is 0 Å². The molecule has 1 unspecified atom stereocenters. The molecule has 1 aliphatic heterocycles. The molecule has 0 radical (unpaired) electrons. The number of aryl methyl sites for hydroxylation is 1. The van der Waals surface area contributed by atoms with E-state index in [4.69, 9.17) is 0 Å². The second-order valence-electron chi connectivity index (χ2n) is 9.11. The molecule has 4 rings (SSSR count). The van der Waals surface area contributed by atoms with Crippen LogP contribution in [0.1, 0.15) is 48.3 Å². The molecule has 0 saturated carbocycles. The first-order valence-electron chi connectivity index (χ1n) is 11.5. The number of piperidine rings is 1. The number of benzene rings is 2. The summed E-state index contributed by atoms with van der Waals surface area (Å²) in [5.41, 5.74) is 1.40. The number of aromatic nitrogens is 1. The number of aromatic amines is 1. The number of hydrogen-bond donors (Lipinski definition) is 2. The lowest BCUT2D eigenvalue weighted by atomic mass is 9.78. The Labute approximate surface area is 192 Å². The Morgan fingerprint density at radius 3 is 2.36 bits per heavy atom. The standard InChI is InChI=1S/C27H30F2N2O2/c28-24-11-9-20(10-12-24)22(8-7-21-4-1-2-6-25(21)29)18-27(33)13-16-31(17-14-27)19-23-5-3-15-30-26(23)32/h1-6,9-12,15,22,33H,7-8,13-14,16-19H2,(H,30,32). The molecule has 3 aromatic rings. The molecule has 1 aromatic heterocycles. The molecule has 174 valence electrons. The van der Waals surface area contributed by atoms with Crippen molar-refractivity contribution in [1.82, 2.24) is 9.88 Å². The maximum absolute atomic E-state index is 14.2. The number of halogens is 2. The van der Waals surface area contributed by atoms with Crippen molar-refractivity contribution in [2.75, 3.05) is 13.1 Å². The van der Waals surface area contributed by atoms with Crippen molar-refractivity contribution in [3.8, 4) is 0 Å². The third-order valence-corrected chi connectivity index (χ3v) is 6.77. The zero-order valence-electron chi connectivity index (χ0n) is 18.6. The van der Waals surface area contributed by atoms with Gasteiger partial charge in [0.1, 0.15) is 11.6 Å². The normalized spacial score (nSPS) is 17.1. The van der Waals surface area contributed by atoms with Crippen LogP contribution in [0.25, 0.3) is 0 Å². The molecule has 2 aromatic carbocycles. The fraction of sp³-hybridized carbons (Fsp3) is 0.370. The van der Waals surface area contributed by atoms with Gasteiger partial charge in [0.05, 0.1) is 5.60 Å². The lowest BCUT2D eigenvalue weighted by Gasteiger charge is -2.40. The first-order chi connectivity index (χ1) is 15.9. The van der Waals surface area contributed by atoms with Gasteiger partial charge in [-0.15, -0.1) is 0 Å². The van der Waals surface area contributed by atoms with Crippen LogP contribution in [-0.2, 0) is 13.0 Å². The molecule has 1 saturated heterocycles. The quantitative estimate of drug-likeness (QED) is 0.517. The summed E-state index contributed by atoms with van der Waals surface area (Å²) in [6.45, 7) is 1.93. The number of likely N-dealkylation sites (tertiary alicyclic amines) is 1. The van der Waals surface area contributed by atoms with Crippen LogP contribution in [0.4, 0.5) is 8.78 Å². The van der Waals surface area contributed by atoms with Crippen LogP contribution in [0.2, 0.25) is 0 Å².